The highest BCUT2D eigenvalue weighted by Crippen LogP contribution is 2.32. The Kier molecular flexibility index (Phi) is 6.59. The predicted molar refractivity (Wildman–Crippen MR) is 105 cm³/mol. The zero-order valence-electron chi connectivity index (χ0n) is 16.1. The minimum absolute atomic E-state index is 0.362. The topological polar surface area (TPSA) is 52.1 Å². The van der Waals surface area contributed by atoms with Gasteiger partial charge < -0.3 is 4.74 Å². The molecular weight excluding hydrogens is 336 g/mol. The van der Waals surface area contributed by atoms with Gasteiger partial charge in [0.1, 0.15) is 5.78 Å². The molecular formula is C23H26N2O2. The van der Waals surface area contributed by atoms with E-state index >= 15 is 0 Å². The van der Waals surface area contributed by atoms with E-state index in [2.05, 4.69) is 40.9 Å². The number of rotatable bonds is 8. The zero-order chi connectivity index (χ0) is 19.1. The Morgan fingerprint density at radius 3 is 2.44 bits per heavy atom. The minimum Gasteiger partial charge on any atom is -0.463 e. The van der Waals surface area contributed by atoms with Crippen molar-refractivity contribution < 1.29 is 9.53 Å². The summed E-state index contributed by atoms with van der Waals surface area (Å²) in [4.78, 5) is 20.2. The van der Waals surface area contributed by atoms with Crippen LogP contribution in [0.15, 0.2) is 36.7 Å². The van der Waals surface area contributed by atoms with E-state index in [4.69, 9.17) is 4.74 Å². The van der Waals surface area contributed by atoms with Gasteiger partial charge in [0, 0.05) is 30.3 Å². The van der Waals surface area contributed by atoms with Crippen molar-refractivity contribution in [3.8, 4) is 17.9 Å². The van der Waals surface area contributed by atoms with Crippen LogP contribution < -0.4 is 4.74 Å². The molecule has 1 saturated carbocycles. The molecule has 1 fully saturated rings. The summed E-state index contributed by atoms with van der Waals surface area (Å²) in [6, 6.07) is 8.64. The summed E-state index contributed by atoms with van der Waals surface area (Å²) < 4.78 is 5.37. The molecule has 4 nitrogen and oxygen atoms in total. The Morgan fingerprint density at radius 2 is 1.81 bits per heavy atom. The summed E-state index contributed by atoms with van der Waals surface area (Å²) >= 11 is 0. The van der Waals surface area contributed by atoms with Gasteiger partial charge in [0.25, 0.3) is 0 Å². The maximum atomic E-state index is 11.9. The Hall–Kier alpha value is -2.67. The average Bonchev–Trinajstić information content (AvgIpc) is 3.52. The van der Waals surface area contributed by atoms with E-state index in [0.29, 0.717) is 36.7 Å². The number of carbonyl (C=O) groups is 1. The van der Waals surface area contributed by atoms with Gasteiger partial charge in [-0.3, -0.25) is 4.79 Å². The highest BCUT2D eigenvalue weighted by atomic mass is 16.5. The lowest BCUT2D eigenvalue weighted by Crippen LogP contribution is -2.09. The third kappa shape index (κ3) is 6.21. The first-order valence-corrected chi connectivity index (χ1v) is 9.72. The molecule has 1 aromatic heterocycles. The third-order valence-corrected chi connectivity index (χ3v) is 4.54. The number of hydrogen-bond donors (Lipinski definition) is 0. The van der Waals surface area contributed by atoms with E-state index in [1.54, 1.807) is 12.4 Å². The Bertz CT molecular complexity index is 812. The molecule has 2 aromatic rings. The number of ketones is 1. The predicted octanol–water partition coefficient (Wildman–Crippen LogP) is 4.21. The summed E-state index contributed by atoms with van der Waals surface area (Å²) in [5.41, 5.74) is 2.96. The number of carbonyl (C=O) groups excluding carboxylic acids is 1. The number of nitrogens with zero attached hydrogens (tertiary/aromatic N) is 2. The average molecular weight is 362 g/mol. The second-order valence-electron chi connectivity index (χ2n) is 7.30. The molecule has 0 radical (unpaired) electrons. The van der Waals surface area contributed by atoms with Crippen molar-refractivity contribution in [2.75, 3.05) is 6.61 Å². The fraction of sp³-hybridized carbons (Fsp3) is 0.435. The van der Waals surface area contributed by atoms with Crippen molar-refractivity contribution in [1.29, 1.82) is 0 Å². The number of aromatic nitrogens is 2. The molecule has 3 rings (SSSR count). The Labute approximate surface area is 161 Å². The molecule has 4 heteroatoms. The van der Waals surface area contributed by atoms with Gasteiger partial charge in [-0.1, -0.05) is 37.8 Å². The fourth-order valence-corrected chi connectivity index (χ4v) is 2.91. The maximum absolute atomic E-state index is 11.9. The summed E-state index contributed by atoms with van der Waals surface area (Å²) in [6.07, 6.45) is 8.10. The molecule has 0 bridgehead atoms. The highest BCUT2D eigenvalue weighted by Gasteiger charge is 2.29. The van der Waals surface area contributed by atoms with E-state index in [9.17, 15) is 4.79 Å². The maximum Gasteiger partial charge on any atom is 0.316 e. The van der Waals surface area contributed by atoms with Crippen LogP contribution >= 0.6 is 0 Å². The number of benzene rings is 1. The lowest BCUT2D eigenvalue weighted by atomic mass is 9.94. The second kappa shape index (κ2) is 9.32. The molecule has 1 aliphatic rings. The molecule has 140 valence electrons. The molecule has 0 amide bonds. The molecule has 1 atom stereocenters. The lowest BCUT2D eigenvalue weighted by Gasteiger charge is -2.10. The van der Waals surface area contributed by atoms with E-state index in [1.165, 1.54) is 5.56 Å². The normalized spacial score (nSPS) is 14.1. The van der Waals surface area contributed by atoms with Gasteiger partial charge in [-0.05, 0) is 49.3 Å². The van der Waals surface area contributed by atoms with Crippen molar-refractivity contribution in [3.63, 3.8) is 0 Å². The fourth-order valence-electron chi connectivity index (χ4n) is 2.91. The highest BCUT2D eigenvalue weighted by molar-refractivity contribution is 5.83. The number of hydrogen-bond acceptors (Lipinski definition) is 4. The molecule has 0 aliphatic heterocycles. The first-order chi connectivity index (χ1) is 13.1. The first-order valence-electron chi connectivity index (χ1n) is 9.72. The molecule has 1 aliphatic carbocycles. The standard InChI is InChI=1S/C23H26N2O2/c1-3-12-27-23-24-15-20(16-25-23)9-6-18-4-7-19(8-5-18)13-17(2)14-22(26)21-10-11-21/h4-5,7-8,15-17,21H,3,10-14H2,1-2H3. The summed E-state index contributed by atoms with van der Waals surface area (Å²) in [7, 11) is 0. The van der Waals surface area contributed by atoms with Crippen LogP contribution in [0.4, 0.5) is 0 Å². The van der Waals surface area contributed by atoms with Gasteiger partial charge >= 0.3 is 6.01 Å². The van der Waals surface area contributed by atoms with Crippen molar-refractivity contribution >= 4 is 5.78 Å². The van der Waals surface area contributed by atoms with Gasteiger partial charge in [0.2, 0.25) is 0 Å². The summed E-state index contributed by atoms with van der Waals surface area (Å²) in [5.74, 6) is 7.40. The van der Waals surface area contributed by atoms with Gasteiger partial charge in [-0.25, -0.2) is 9.97 Å². The van der Waals surface area contributed by atoms with Crippen LogP contribution in [-0.4, -0.2) is 22.4 Å². The molecule has 1 unspecified atom stereocenters. The quantitative estimate of drug-likeness (QED) is 0.660. The minimum atomic E-state index is 0.362. The Balaban J connectivity index is 1.53. The van der Waals surface area contributed by atoms with E-state index < -0.39 is 0 Å². The van der Waals surface area contributed by atoms with Crippen LogP contribution in [0.2, 0.25) is 0 Å². The molecule has 0 saturated heterocycles. The third-order valence-electron chi connectivity index (χ3n) is 4.54. The van der Waals surface area contributed by atoms with Crippen molar-refractivity contribution in [3.05, 3.63) is 53.3 Å². The summed E-state index contributed by atoms with van der Waals surface area (Å²) in [5, 5.41) is 0. The molecule has 1 aromatic carbocycles. The van der Waals surface area contributed by atoms with Crippen molar-refractivity contribution in [1.82, 2.24) is 9.97 Å². The van der Waals surface area contributed by atoms with Crippen molar-refractivity contribution in [2.45, 2.75) is 46.0 Å². The monoisotopic (exact) mass is 362 g/mol. The van der Waals surface area contributed by atoms with Crippen LogP contribution in [-0.2, 0) is 11.2 Å². The van der Waals surface area contributed by atoms with Gasteiger partial charge in [-0.2, -0.15) is 0 Å². The Morgan fingerprint density at radius 1 is 1.15 bits per heavy atom. The van der Waals surface area contributed by atoms with Crippen LogP contribution in [0.5, 0.6) is 6.01 Å². The van der Waals surface area contributed by atoms with Crippen LogP contribution in [0, 0.1) is 23.7 Å². The van der Waals surface area contributed by atoms with Gasteiger partial charge in [0.05, 0.1) is 12.2 Å². The van der Waals surface area contributed by atoms with E-state index in [-0.39, 0.29) is 0 Å². The molecule has 27 heavy (non-hydrogen) atoms. The van der Waals surface area contributed by atoms with E-state index in [0.717, 1.165) is 36.8 Å². The first kappa shape index (κ1) is 19.1. The second-order valence-corrected chi connectivity index (χ2v) is 7.30. The van der Waals surface area contributed by atoms with E-state index in [1.807, 2.05) is 19.1 Å². The zero-order valence-corrected chi connectivity index (χ0v) is 16.1. The van der Waals surface area contributed by atoms with Gasteiger partial charge in [0.15, 0.2) is 0 Å². The van der Waals surface area contributed by atoms with Crippen LogP contribution in [0.25, 0.3) is 0 Å². The van der Waals surface area contributed by atoms with Gasteiger partial charge in [-0.15, -0.1) is 0 Å². The number of Topliss-reactive ketones (excluding diaryl/α,β-unsaturated/α-hetero) is 1. The lowest BCUT2D eigenvalue weighted by molar-refractivity contribution is -0.121. The van der Waals surface area contributed by atoms with Crippen LogP contribution in [0.1, 0.15) is 56.2 Å². The molecule has 1 heterocycles. The number of ether oxygens (including phenoxy) is 1. The molecule has 0 spiro atoms. The molecule has 0 N–H and O–H groups in total. The largest absolute Gasteiger partial charge is 0.463 e. The summed E-state index contributed by atoms with van der Waals surface area (Å²) in [6.45, 7) is 4.81. The SMILES string of the molecule is CCCOc1ncc(C#Cc2ccc(CC(C)CC(=O)C3CC3)cc2)cn1. The van der Waals surface area contributed by atoms with Crippen LogP contribution in [0.3, 0.4) is 0 Å². The smallest absolute Gasteiger partial charge is 0.316 e. The van der Waals surface area contributed by atoms with Crippen molar-refractivity contribution in [2.24, 2.45) is 11.8 Å².